The van der Waals surface area contributed by atoms with Gasteiger partial charge in [0.1, 0.15) is 5.82 Å². The molecule has 0 saturated heterocycles. The summed E-state index contributed by atoms with van der Waals surface area (Å²) in [5.74, 6) is -0.479. The molecule has 0 aromatic heterocycles. The minimum Gasteiger partial charge on any atom is -0.423 e. The highest BCUT2D eigenvalue weighted by molar-refractivity contribution is 14.1. The van der Waals surface area contributed by atoms with Gasteiger partial charge in [-0.15, -0.1) is 0 Å². The van der Waals surface area contributed by atoms with Crippen LogP contribution >= 0.6 is 22.6 Å². The Hall–Kier alpha value is -0.915. The SMILES string of the molecule is OB(O)c1cc(F)cc(-c2ccccc2)c1I. The van der Waals surface area contributed by atoms with Gasteiger partial charge in [0.25, 0.3) is 0 Å². The maximum absolute atomic E-state index is 13.4. The van der Waals surface area contributed by atoms with Gasteiger partial charge in [0.15, 0.2) is 0 Å². The van der Waals surface area contributed by atoms with E-state index in [1.165, 1.54) is 6.07 Å². The predicted octanol–water partition coefficient (Wildman–Crippen LogP) is 1.78. The Balaban J connectivity index is 2.63. The van der Waals surface area contributed by atoms with E-state index in [2.05, 4.69) is 0 Å². The second-order valence-electron chi connectivity index (χ2n) is 3.60. The van der Waals surface area contributed by atoms with Crippen LogP contribution < -0.4 is 5.46 Å². The van der Waals surface area contributed by atoms with Crippen molar-refractivity contribution in [1.82, 2.24) is 0 Å². The van der Waals surface area contributed by atoms with E-state index >= 15 is 0 Å². The second-order valence-corrected chi connectivity index (χ2v) is 4.68. The number of hydrogen-bond acceptors (Lipinski definition) is 2. The van der Waals surface area contributed by atoms with Crippen LogP contribution in [0.2, 0.25) is 0 Å². The van der Waals surface area contributed by atoms with Crippen LogP contribution in [0, 0.1) is 9.39 Å². The third-order valence-corrected chi connectivity index (χ3v) is 3.63. The maximum Gasteiger partial charge on any atom is 0.489 e. The monoisotopic (exact) mass is 342 g/mol. The lowest BCUT2D eigenvalue weighted by atomic mass is 9.79. The molecule has 0 radical (unpaired) electrons. The molecule has 5 heteroatoms. The van der Waals surface area contributed by atoms with Gasteiger partial charge in [0, 0.05) is 3.57 Å². The van der Waals surface area contributed by atoms with Crippen molar-refractivity contribution in [2.75, 3.05) is 0 Å². The third kappa shape index (κ3) is 2.67. The van der Waals surface area contributed by atoms with Crippen LogP contribution in [0.3, 0.4) is 0 Å². The fourth-order valence-corrected chi connectivity index (χ4v) is 2.53. The molecule has 0 saturated carbocycles. The summed E-state index contributed by atoms with van der Waals surface area (Å²) in [6.07, 6.45) is 0. The third-order valence-electron chi connectivity index (χ3n) is 2.43. The minimum absolute atomic E-state index is 0.185. The summed E-state index contributed by atoms with van der Waals surface area (Å²) in [5, 5.41) is 18.4. The van der Waals surface area contributed by atoms with Gasteiger partial charge in [-0.3, -0.25) is 0 Å². The van der Waals surface area contributed by atoms with Crippen molar-refractivity contribution >= 4 is 35.2 Å². The smallest absolute Gasteiger partial charge is 0.423 e. The molecule has 2 aromatic rings. The molecule has 0 aliphatic carbocycles. The summed E-state index contributed by atoms with van der Waals surface area (Å²) in [7, 11) is -1.67. The fraction of sp³-hybridized carbons (Fsp3) is 0. The van der Waals surface area contributed by atoms with E-state index < -0.39 is 12.9 Å². The maximum atomic E-state index is 13.4. The highest BCUT2D eigenvalue weighted by atomic mass is 127. The molecule has 2 nitrogen and oxygen atoms in total. The van der Waals surface area contributed by atoms with Gasteiger partial charge in [-0.05, 0) is 51.3 Å². The molecule has 0 atom stereocenters. The first-order chi connectivity index (χ1) is 8.09. The summed E-state index contributed by atoms with van der Waals surface area (Å²) in [4.78, 5) is 0. The van der Waals surface area contributed by atoms with E-state index in [4.69, 9.17) is 0 Å². The van der Waals surface area contributed by atoms with Crippen molar-refractivity contribution < 1.29 is 14.4 Å². The van der Waals surface area contributed by atoms with Crippen molar-refractivity contribution in [2.45, 2.75) is 0 Å². The van der Waals surface area contributed by atoms with E-state index in [0.29, 0.717) is 9.13 Å². The molecule has 0 fully saturated rings. The van der Waals surface area contributed by atoms with Gasteiger partial charge in [-0.25, -0.2) is 4.39 Å². The summed E-state index contributed by atoms with van der Waals surface area (Å²) < 4.78 is 14.1. The van der Waals surface area contributed by atoms with Crippen LogP contribution in [-0.4, -0.2) is 17.2 Å². The Kier molecular flexibility index (Phi) is 3.81. The van der Waals surface area contributed by atoms with Crippen molar-refractivity contribution in [1.29, 1.82) is 0 Å². The fourth-order valence-electron chi connectivity index (χ4n) is 1.63. The van der Waals surface area contributed by atoms with E-state index in [-0.39, 0.29) is 5.46 Å². The molecule has 0 heterocycles. The van der Waals surface area contributed by atoms with Crippen LogP contribution in [0.1, 0.15) is 0 Å². The lowest BCUT2D eigenvalue weighted by molar-refractivity contribution is 0.425. The molecule has 0 aliphatic heterocycles. The zero-order chi connectivity index (χ0) is 12.4. The number of rotatable bonds is 2. The van der Waals surface area contributed by atoms with E-state index in [9.17, 15) is 14.4 Å². The summed E-state index contributed by atoms with van der Waals surface area (Å²) in [5.41, 5.74) is 1.69. The molecule has 2 rings (SSSR count). The predicted molar refractivity (Wildman–Crippen MR) is 74.4 cm³/mol. The van der Waals surface area contributed by atoms with Gasteiger partial charge in [-0.1, -0.05) is 30.3 Å². The Bertz CT molecular complexity index is 532. The molecule has 17 heavy (non-hydrogen) atoms. The molecule has 2 aromatic carbocycles. The number of hydrogen-bond donors (Lipinski definition) is 2. The Morgan fingerprint density at radius 2 is 1.71 bits per heavy atom. The highest BCUT2D eigenvalue weighted by Crippen LogP contribution is 2.24. The van der Waals surface area contributed by atoms with Crippen LogP contribution in [-0.2, 0) is 0 Å². The molecule has 0 bridgehead atoms. The molecule has 2 N–H and O–H groups in total. The van der Waals surface area contributed by atoms with Crippen molar-refractivity contribution in [2.24, 2.45) is 0 Å². The minimum atomic E-state index is -1.67. The quantitative estimate of drug-likeness (QED) is 0.645. The first-order valence-corrected chi connectivity index (χ1v) is 6.08. The van der Waals surface area contributed by atoms with Crippen molar-refractivity contribution in [3.05, 3.63) is 51.9 Å². The Morgan fingerprint density at radius 1 is 1.06 bits per heavy atom. The average molecular weight is 342 g/mol. The zero-order valence-corrected chi connectivity index (χ0v) is 10.9. The summed E-state index contributed by atoms with van der Waals surface area (Å²) in [6.45, 7) is 0. The van der Waals surface area contributed by atoms with Crippen molar-refractivity contribution in [3.63, 3.8) is 0 Å². The standard InChI is InChI=1S/C12H9BFIO2/c14-9-6-10(8-4-2-1-3-5-8)12(15)11(7-9)13(16)17/h1-7,16-17H. The first-order valence-electron chi connectivity index (χ1n) is 5.00. The second kappa shape index (κ2) is 5.16. The van der Waals surface area contributed by atoms with E-state index in [0.717, 1.165) is 11.6 Å². The van der Waals surface area contributed by atoms with Crippen molar-refractivity contribution in [3.8, 4) is 11.1 Å². The van der Waals surface area contributed by atoms with Crippen LogP contribution in [0.5, 0.6) is 0 Å². The topological polar surface area (TPSA) is 40.5 Å². The molecule has 0 aliphatic rings. The normalized spacial score (nSPS) is 10.4. The molecule has 0 spiro atoms. The number of halogens is 2. The van der Waals surface area contributed by atoms with Gasteiger partial charge >= 0.3 is 7.12 Å². The lowest BCUT2D eigenvalue weighted by Gasteiger charge is -2.10. The van der Waals surface area contributed by atoms with Crippen LogP contribution in [0.25, 0.3) is 11.1 Å². The van der Waals surface area contributed by atoms with E-state index in [1.54, 1.807) is 0 Å². The summed E-state index contributed by atoms with van der Waals surface area (Å²) >= 11 is 1.99. The lowest BCUT2D eigenvalue weighted by Crippen LogP contribution is -2.33. The zero-order valence-electron chi connectivity index (χ0n) is 8.77. The highest BCUT2D eigenvalue weighted by Gasteiger charge is 2.19. The van der Waals surface area contributed by atoms with Crippen LogP contribution in [0.4, 0.5) is 4.39 Å². The molecular weight excluding hydrogens is 333 g/mol. The molecule has 86 valence electrons. The van der Waals surface area contributed by atoms with Crippen LogP contribution in [0.15, 0.2) is 42.5 Å². The van der Waals surface area contributed by atoms with E-state index in [1.807, 2.05) is 52.9 Å². The molecule has 0 unspecified atom stereocenters. The molecule has 0 amide bonds. The summed E-state index contributed by atoms with van der Waals surface area (Å²) in [6, 6.07) is 11.8. The number of benzene rings is 2. The Morgan fingerprint density at radius 3 is 2.29 bits per heavy atom. The van der Waals surface area contributed by atoms with Gasteiger partial charge in [0.2, 0.25) is 0 Å². The Labute approximate surface area is 112 Å². The first kappa shape index (κ1) is 12.5. The largest absolute Gasteiger partial charge is 0.489 e. The molecular formula is C12H9BFIO2. The van der Waals surface area contributed by atoms with Gasteiger partial charge in [0.05, 0.1) is 0 Å². The average Bonchev–Trinajstić information content (AvgIpc) is 2.32. The van der Waals surface area contributed by atoms with Gasteiger partial charge < -0.3 is 10.0 Å². The van der Waals surface area contributed by atoms with Gasteiger partial charge in [-0.2, -0.15) is 0 Å².